The summed E-state index contributed by atoms with van der Waals surface area (Å²) in [5, 5.41) is 6.39. The van der Waals surface area contributed by atoms with Crippen LogP contribution in [0.15, 0.2) is 133 Å². The molecule has 1 aliphatic rings. The van der Waals surface area contributed by atoms with Gasteiger partial charge in [-0.2, -0.15) is 0 Å². The highest BCUT2D eigenvalue weighted by atomic mass is 32.1. The van der Waals surface area contributed by atoms with E-state index in [-0.39, 0.29) is 5.41 Å². The molecular weight excluding hydrogens is 515 g/mol. The maximum absolute atomic E-state index is 3.75. The SMILES string of the molecule is CC1(C)c2cc(Nc3ccc4sc5cccc(-c6ccccc6)c5c4c3)ccc2-c2c(-c3ccccc3)cccc21. The maximum Gasteiger partial charge on any atom is 0.0391 e. The molecule has 0 saturated carbocycles. The van der Waals surface area contributed by atoms with E-state index in [1.807, 2.05) is 11.3 Å². The molecule has 0 fully saturated rings. The first-order chi connectivity index (χ1) is 20.1. The number of thiophene rings is 1. The van der Waals surface area contributed by atoms with Crippen molar-refractivity contribution < 1.29 is 0 Å². The zero-order chi connectivity index (χ0) is 27.6. The minimum atomic E-state index is -0.0781. The Balaban J connectivity index is 1.21. The molecule has 1 aliphatic carbocycles. The van der Waals surface area contributed by atoms with Crippen LogP contribution in [0.5, 0.6) is 0 Å². The molecule has 0 spiro atoms. The van der Waals surface area contributed by atoms with Crippen molar-refractivity contribution in [2.45, 2.75) is 19.3 Å². The van der Waals surface area contributed by atoms with E-state index in [4.69, 9.17) is 0 Å². The highest BCUT2D eigenvalue weighted by molar-refractivity contribution is 7.26. The van der Waals surface area contributed by atoms with Crippen LogP contribution in [-0.2, 0) is 5.41 Å². The summed E-state index contributed by atoms with van der Waals surface area (Å²) in [6, 6.07) is 48.6. The summed E-state index contributed by atoms with van der Waals surface area (Å²) < 4.78 is 2.64. The minimum Gasteiger partial charge on any atom is -0.355 e. The number of benzene rings is 6. The Morgan fingerprint density at radius 1 is 0.512 bits per heavy atom. The summed E-state index contributed by atoms with van der Waals surface area (Å²) in [5.41, 5.74) is 12.7. The first-order valence-corrected chi connectivity index (χ1v) is 15.0. The van der Waals surface area contributed by atoms with Crippen molar-refractivity contribution in [3.8, 4) is 33.4 Å². The van der Waals surface area contributed by atoms with Crippen LogP contribution in [0.25, 0.3) is 53.6 Å². The van der Waals surface area contributed by atoms with E-state index in [0.717, 1.165) is 11.4 Å². The van der Waals surface area contributed by atoms with Gasteiger partial charge < -0.3 is 5.32 Å². The van der Waals surface area contributed by atoms with E-state index in [1.165, 1.54) is 64.7 Å². The number of hydrogen-bond acceptors (Lipinski definition) is 2. The lowest BCUT2D eigenvalue weighted by Gasteiger charge is -2.22. The van der Waals surface area contributed by atoms with Crippen molar-refractivity contribution in [2.75, 3.05) is 5.32 Å². The van der Waals surface area contributed by atoms with E-state index in [0.29, 0.717) is 0 Å². The third-order valence-electron chi connectivity index (χ3n) is 8.65. The second kappa shape index (κ2) is 9.19. The van der Waals surface area contributed by atoms with E-state index in [2.05, 4.69) is 153 Å². The Morgan fingerprint density at radius 3 is 1.95 bits per heavy atom. The number of hydrogen-bond donors (Lipinski definition) is 1. The van der Waals surface area contributed by atoms with Gasteiger partial charge in [-0.25, -0.2) is 0 Å². The van der Waals surface area contributed by atoms with E-state index < -0.39 is 0 Å². The highest BCUT2D eigenvalue weighted by Crippen LogP contribution is 2.53. The summed E-state index contributed by atoms with van der Waals surface area (Å²) in [6.07, 6.45) is 0. The van der Waals surface area contributed by atoms with Gasteiger partial charge in [0.2, 0.25) is 0 Å². The molecule has 196 valence electrons. The fourth-order valence-corrected chi connectivity index (χ4v) is 7.77. The van der Waals surface area contributed by atoms with Gasteiger partial charge in [-0.15, -0.1) is 11.3 Å². The lowest BCUT2D eigenvalue weighted by atomic mass is 9.82. The zero-order valence-corrected chi connectivity index (χ0v) is 23.9. The average Bonchev–Trinajstić information content (AvgIpc) is 3.50. The molecule has 1 aromatic heterocycles. The van der Waals surface area contributed by atoms with Crippen molar-refractivity contribution >= 4 is 42.9 Å². The molecule has 0 aliphatic heterocycles. The fourth-order valence-electron chi connectivity index (χ4n) is 6.65. The summed E-state index contributed by atoms with van der Waals surface area (Å²) in [6.45, 7) is 4.70. The highest BCUT2D eigenvalue weighted by Gasteiger charge is 2.37. The molecule has 7 aromatic rings. The molecule has 2 heteroatoms. The molecule has 0 radical (unpaired) electrons. The largest absolute Gasteiger partial charge is 0.355 e. The summed E-state index contributed by atoms with van der Waals surface area (Å²) in [5.74, 6) is 0. The molecule has 41 heavy (non-hydrogen) atoms. The smallest absolute Gasteiger partial charge is 0.0391 e. The molecule has 0 unspecified atom stereocenters. The standard InChI is InChI=1S/C39H29NS/c1-39(2)33-17-9-15-29(25-11-5-3-6-12-25)37(33)31-21-19-28(24-34(31)39)40-27-20-22-35-32(23-27)38-30(16-10-18-36(38)41-35)26-13-7-4-8-14-26/h3-24,40H,1-2H3. The van der Waals surface area contributed by atoms with Gasteiger partial charge in [0, 0.05) is 37.0 Å². The van der Waals surface area contributed by atoms with Gasteiger partial charge in [-0.3, -0.25) is 0 Å². The Kier molecular flexibility index (Phi) is 5.42. The van der Waals surface area contributed by atoms with Crippen molar-refractivity contribution in [2.24, 2.45) is 0 Å². The Bertz CT molecular complexity index is 2080. The average molecular weight is 544 g/mol. The first-order valence-electron chi connectivity index (χ1n) is 14.2. The van der Waals surface area contributed by atoms with Crippen molar-refractivity contribution in [1.82, 2.24) is 0 Å². The van der Waals surface area contributed by atoms with Crippen LogP contribution >= 0.6 is 11.3 Å². The Hall–Kier alpha value is -4.66. The molecule has 0 saturated heterocycles. The monoisotopic (exact) mass is 543 g/mol. The molecule has 0 amide bonds. The van der Waals surface area contributed by atoms with Crippen LogP contribution in [0.4, 0.5) is 11.4 Å². The molecular formula is C39H29NS. The lowest BCUT2D eigenvalue weighted by molar-refractivity contribution is 0.661. The molecule has 1 N–H and O–H groups in total. The van der Waals surface area contributed by atoms with Crippen LogP contribution < -0.4 is 5.32 Å². The predicted octanol–water partition coefficient (Wildman–Crippen LogP) is 11.4. The van der Waals surface area contributed by atoms with Crippen LogP contribution in [0.1, 0.15) is 25.0 Å². The molecule has 1 nitrogen and oxygen atoms in total. The normalized spacial score (nSPS) is 13.3. The van der Waals surface area contributed by atoms with Crippen molar-refractivity contribution in [3.05, 3.63) is 145 Å². The molecule has 1 heterocycles. The Morgan fingerprint density at radius 2 is 1.17 bits per heavy atom. The van der Waals surface area contributed by atoms with Crippen LogP contribution in [0, 0.1) is 0 Å². The van der Waals surface area contributed by atoms with Gasteiger partial charge >= 0.3 is 0 Å². The van der Waals surface area contributed by atoms with E-state index in [9.17, 15) is 0 Å². The molecule has 6 aromatic carbocycles. The summed E-state index contributed by atoms with van der Waals surface area (Å²) in [7, 11) is 0. The molecule has 8 rings (SSSR count). The zero-order valence-electron chi connectivity index (χ0n) is 23.1. The number of rotatable bonds is 4. The first kappa shape index (κ1) is 24.2. The maximum atomic E-state index is 3.75. The number of anilines is 2. The fraction of sp³-hybridized carbons (Fsp3) is 0.0769. The van der Waals surface area contributed by atoms with Gasteiger partial charge in [-0.05, 0) is 80.9 Å². The van der Waals surface area contributed by atoms with Gasteiger partial charge in [0.1, 0.15) is 0 Å². The van der Waals surface area contributed by atoms with Crippen molar-refractivity contribution in [3.63, 3.8) is 0 Å². The van der Waals surface area contributed by atoms with Crippen LogP contribution in [0.2, 0.25) is 0 Å². The van der Waals surface area contributed by atoms with E-state index in [1.54, 1.807) is 0 Å². The second-order valence-electron chi connectivity index (χ2n) is 11.5. The number of fused-ring (bicyclic) bond motifs is 6. The third kappa shape index (κ3) is 3.83. The van der Waals surface area contributed by atoms with E-state index >= 15 is 0 Å². The van der Waals surface area contributed by atoms with Gasteiger partial charge in [0.25, 0.3) is 0 Å². The van der Waals surface area contributed by atoms with Crippen LogP contribution in [0.3, 0.4) is 0 Å². The molecule has 0 bridgehead atoms. The number of nitrogens with one attached hydrogen (secondary N) is 1. The lowest BCUT2D eigenvalue weighted by Crippen LogP contribution is -2.15. The summed E-state index contributed by atoms with van der Waals surface area (Å²) >= 11 is 1.87. The van der Waals surface area contributed by atoms with Gasteiger partial charge in [-0.1, -0.05) is 111 Å². The second-order valence-corrected chi connectivity index (χ2v) is 12.5. The van der Waals surface area contributed by atoms with Gasteiger partial charge in [0.05, 0.1) is 0 Å². The minimum absolute atomic E-state index is 0.0781. The molecule has 0 atom stereocenters. The van der Waals surface area contributed by atoms with Crippen molar-refractivity contribution in [1.29, 1.82) is 0 Å². The van der Waals surface area contributed by atoms with Crippen LogP contribution in [-0.4, -0.2) is 0 Å². The predicted molar refractivity (Wildman–Crippen MR) is 177 cm³/mol. The summed E-state index contributed by atoms with van der Waals surface area (Å²) in [4.78, 5) is 0. The third-order valence-corrected chi connectivity index (χ3v) is 9.79. The Labute approximate surface area is 244 Å². The topological polar surface area (TPSA) is 12.0 Å². The quantitative estimate of drug-likeness (QED) is 0.233. The van der Waals surface area contributed by atoms with Gasteiger partial charge in [0.15, 0.2) is 0 Å².